The lowest BCUT2D eigenvalue weighted by Gasteiger charge is -2.09. The number of aromatic nitrogens is 2. The van der Waals surface area contributed by atoms with Crippen molar-refractivity contribution in [1.29, 1.82) is 0 Å². The lowest BCUT2D eigenvalue weighted by molar-refractivity contribution is 0.296. The van der Waals surface area contributed by atoms with Gasteiger partial charge in [-0.3, -0.25) is 0 Å². The summed E-state index contributed by atoms with van der Waals surface area (Å²) in [6.45, 7) is 3.70. The summed E-state index contributed by atoms with van der Waals surface area (Å²) in [4.78, 5) is 4.34. The highest BCUT2D eigenvalue weighted by Crippen LogP contribution is 2.08. The molecule has 1 heterocycles. The van der Waals surface area contributed by atoms with Crippen LogP contribution in [0.5, 0.6) is 5.75 Å². The van der Waals surface area contributed by atoms with Crippen LogP contribution in [0, 0.1) is 0 Å². The topological polar surface area (TPSA) is 27.1 Å². The molecule has 17 heavy (non-hydrogen) atoms. The van der Waals surface area contributed by atoms with Crippen LogP contribution in [0.2, 0.25) is 0 Å². The third-order valence-corrected chi connectivity index (χ3v) is 2.62. The van der Waals surface area contributed by atoms with E-state index in [9.17, 15) is 0 Å². The van der Waals surface area contributed by atoms with Crippen LogP contribution in [0.25, 0.3) is 0 Å². The van der Waals surface area contributed by atoms with Crippen molar-refractivity contribution in [3.05, 3.63) is 48.5 Å². The van der Waals surface area contributed by atoms with Crippen molar-refractivity contribution in [3.8, 4) is 5.75 Å². The molecule has 0 saturated heterocycles. The van der Waals surface area contributed by atoms with Crippen LogP contribution in [0.4, 0.5) is 0 Å². The zero-order valence-corrected chi connectivity index (χ0v) is 10.2. The summed E-state index contributed by atoms with van der Waals surface area (Å²) in [5.74, 6) is 2.06. The minimum atomic E-state index is 0.678. The van der Waals surface area contributed by atoms with Crippen LogP contribution in [0.3, 0.4) is 0 Å². The number of hydrogen-bond donors (Lipinski definition) is 0. The van der Waals surface area contributed by atoms with E-state index in [-0.39, 0.29) is 0 Å². The van der Waals surface area contributed by atoms with Crippen molar-refractivity contribution in [2.45, 2.75) is 26.3 Å². The molecule has 0 bridgehead atoms. The Bertz CT molecular complexity index is 436. The first kappa shape index (κ1) is 11.7. The Balaban J connectivity index is 1.84. The van der Waals surface area contributed by atoms with E-state index in [1.807, 2.05) is 42.7 Å². The molecule has 3 nitrogen and oxygen atoms in total. The number of benzene rings is 1. The first-order valence-electron chi connectivity index (χ1n) is 6.08. The Morgan fingerprint density at radius 3 is 2.82 bits per heavy atom. The molecule has 3 heteroatoms. The minimum Gasteiger partial charge on any atom is -0.492 e. The second kappa shape index (κ2) is 6.09. The summed E-state index contributed by atoms with van der Waals surface area (Å²) in [5, 5.41) is 0. The summed E-state index contributed by atoms with van der Waals surface area (Å²) in [6.07, 6.45) is 6.02. The van der Waals surface area contributed by atoms with Gasteiger partial charge in [-0.2, -0.15) is 0 Å². The van der Waals surface area contributed by atoms with E-state index in [0.717, 1.165) is 31.0 Å². The van der Waals surface area contributed by atoms with E-state index in [1.165, 1.54) is 0 Å². The van der Waals surface area contributed by atoms with Gasteiger partial charge in [0, 0.05) is 18.8 Å². The third kappa shape index (κ3) is 3.34. The highest BCUT2D eigenvalue weighted by Gasteiger charge is 2.01. The number of aryl methyl sites for hydroxylation is 1. The van der Waals surface area contributed by atoms with Crippen LogP contribution >= 0.6 is 0 Å². The molecule has 0 atom stereocenters. The van der Waals surface area contributed by atoms with Gasteiger partial charge in [-0.25, -0.2) is 4.98 Å². The van der Waals surface area contributed by atoms with E-state index < -0.39 is 0 Å². The van der Waals surface area contributed by atoms with Crippen LogP contribution in [0.1, 0.15) is 19.2 Å². The molecule has 1 aromatic heterocycles. The van der Waals surface area contributed by atoms with Gasteiger partial charge in [0.25, 0.3) is 0 Å². The van der Waals surface area contributed by atoms with Crippen LogP contribution < -0.4 is 4.74 Å². The van der Waals surface area contributed by atoms with Crippen molar-refractivity contribution in [3.63, 3.8) is 0 Å². The summed E-state index contributed by atoms with van der Waals surface area (Å²) in [5.41, 5.74) is 0. The second-order valence-corrected chi connectivity index (χ2v) is 3.95. The number of imidazole rings is 1. The summed E-state index contributed by atoms with van der Waals surface area (Å²) in [7, 11) is 0. The average molecular weight is 230 g/mol. The number of rotatable bonds is 6. The predicted molar refractivity (Wildman–Crippen MR) is 68.2 cm³/mol. The van der Waals surface area contributed by atoms with E-state index in [1.54, 1.807) is 0 Å². The third-order valence-electron chi connectivity index (χ3n) is 2.62. The Labute approximate surface area is 102 Å². The highest BCUT2D eigenvalue weighted by molar-refractivity contribution is 5.20. The van der Waals surface area contributed by atoms with E-state index in [2.05, 4.69) is 16.5 Å². The SMILES string of the molecule is CCCc1nccn1CCOc1ccccc1. The largest absolute Gasteiger partial charge is 0.492 e. The van der Waals surface area contributed by atoms with Gasteiger partial charge in [0.2, 0.25) is 0 Å². The predicted octanol–water partition coefficient (Wildman–Crippen LogP) is 2.91. The van der Waals surface area contributed by atoms with Crippen molar-refractivity contribution in [2.24, 2.45) is 0 Å². The lowest BCUT2D eigenvalue weighted by Crippen LogP contribution is -2.10. The Kier molecular flexibility index (Phi) is 4.19. The van der Waals surface area contributed by atoms with Crippen molar-refractivity contribution in [2.75, 3.05) is 6.61 Å². The average Bonchev–Trinajstić information content (AvgIpc) is 2.79. The fourth-order valence-corrected chi connectivity index (χ4v) is 1.77. The van der Waals surface area contributed by atoms with Crippen molar-refractivity contribution in [1.82, 2.24) is 9.55 Å². The zero-order valence-electron chi connectivity index (χ0n) is 10.2. The van der Waals surface area contributed by atoms with E-state index >= 15 is 0 Å². The van der Waals surface area contributed by atoms with Gasteiger partial charge >= 0.3 is 0 Å². The van der Waals surface area contributed by atoms with Crippen molar-refractivity contribution >= 4 is 0 Å². The highest BCUT2D eigenvalue weighted by atomic mass is 16.5. The summed E-state index contributed by atoms with van der Waals surface area (Å²) < 4.78 is 7.82. The van der Waals surface area contributed by atoms with Crippen LogP contribution in [0.15, 0.2) is 42.7 Å². The molecule has 0 aliphatic heterocycles. The van der Waals surface area contributed by atoms with E-state index in [4.69, 9.17) is 4.74 Å². The minimum absolute atomic E-state index is 0.678. The van der Waals surface area contributed by atoms with Gasteiger partial charge in [0.05, 0.1) is 6.54 Å². The number of nitrogens with zero attached hydrogens (tertiary/aromatic N) is 2. The molecule has 1 aromatic carbocycles. The maximum Gasteiger partial charge on any atom is 0.119 e. The molecule has 2 rings (SSSR count). The normalized spacial score (nSPS) is 10.4. The summed E-state index contributed by atoms with van der Waals surface area (Å²) >= 11 is 0. The molecule has 0 saturated carbocycles. The van der Waals surface area contributed by atoms with Crippen LogP contribution in [-0.2, 0) is 13.0 Å². The molecule has 0 radical (unpaired) electrons. The molecule has 0 unspecified atom stereocenters. The van der Waals surface area contributed by atoms with E-state index in [0.29, 0.717) is 6.61 Å². The molecular formula is C14H18N2O. The molecule has 0 amide bonds. The van der Waals surface area contributed by atoms with Gasteiger partial charge in [-0.15, -0.1) is 0 Å². The number of para-hydroxylation sites is 1. The Morgan fingerprint density at radius 1 is 1.24 bits per heavy atom. The molecule has 0 aliphatic carbocycles. The Hall–Kier alpha value is -1.77. The van der Waals surface area contributed by atoms with Gasteiger partial charge in [-0.05, 0) is 18.6 Å². The molecule has 0 aliphatic rings. The molecule has 0 N–H and O–H groups in total. The monoisotopic (exact) mass is 230 g/mol. The standard InChI is InChI=1S/C14H18N2O/c1-2-6-14-15-9-10-16(14)11-12-17-13-7-4-3-5-8-13/h3-5,7-10H,2,6,11-12H2,1H3. The lowest BCUT2D eigenvalue weighted by atomic mass is 10.3. The molecule has 0 fully saturated rings. The molecule has 90 valence electrons. The fraction of sp³-hybridized carbons (Fsp3) is 0.357. The molecule has 2 aromatic rings. The van der Waals surface area contributed by atoms with Crippen LogP contribution in [-0.4, -0.2) is 16.2 Å². The smallest absolute Gasteiger partial charge is 0.119 e. The summed E-state index contributed by atoms with van der Waals surface area (Å²) in [6, 6.07) is 9.90. The van der Waals surface area contributed by atoms with Gasteiger partial charge in [0.15, 0.2) is 0 Å². The first-order chi connectivity index (χ1) is 8.40. The fourth-order valence-electron chi connectivity index (χ4n) is 1.77. The zero-order chi connectivity index (χ0) is 11.9. The molecular weight excluding hydrogens is 212 g/mol. The quantitative estimate of drug-likeness (QED) is 0.763. The molecule has 0 spiro atoms. The van der Waals surface area contributed by atoms with Gasteiger partial charge < -0.3 is 9.30 Å². The Morgan fingerprint density at radius 2 is 2.06 bits per heavy atom. The second-order valence-electron chi connectivity index (χ2n) is 3.95. The van der Waals surface area contributed by atoms with Gasteiger partial charge in [-0.1, -0.05) is 25.1 Å². The number of hydrogen-bond acceptors (Lipinski definition) is 2. The maximum atomic E-state index is 5.66. The maximum absolute atomic E-state index is 5.66. The van der Waals surface area contributed by atoms with Gasteiger partial charge in [0.1, 0.15) is 18.2 Å². The number of ether oxygens (including phenoxy) is 1. The first-order valence-corrected chi connectivity index (χ1v) is 6.08. The van der Waals surface area contributed by atoms with Crippen molar-refractivity contribution < 1.29 is 4.74 Å².